The standard InChI is InChI=1S/C15H15ClFNO/c1-9-3-6-13(10(2)18-9)15(19)7-11-4-5-12(16)8-14(11)17/h3-6,8,15,19H,7H2,1-2H3. The highest BCUT2D eigenvalue weighted by atomic mass is 35.5. The molecule has 0 bridgehead atoms. The van der Waals surface area contributed by atoms with Gasteiger partial charge in [-0.05, 0) is 37.6 Å². The molecule has 0 aliphatic rings. The summed E-state index contributed by atoms with van der Waals surface area (Å²) in [4.78, 5) is 4.30. The number of benzene rings is 1. The molecule has 0 fully saturated rings. The molecule has 1 aromatic carbocycles. The number of aliphatic hydroxyl groups is 1. The van der Waals surface area contributed by atoms with Gasteiger partial charge in [-0.15, -0.1) is 0 Å². The number of halogens is 2. The van der Waals surface area contributed by atoms with Crippen molar-refractivity contribution in [1.82, 2.24) is 4.98 Å². The molecule has 0 amide bonds. The zero-order chi connectivity index (χ0) is 14.0. The summed E-state index contributed by atoms with van der Waals surface area (Å²) in [5.41, 5.74) is 2.82. The highest BCUT2D eigenvalue weighted by molar-refractivity contribution is 6.30. The van der Waals surface area contributed by atoms with Gasteiger partial charge in [0.05, 0.1) is 6.10 Å². The fraction of sp³-hybridized carbons (Fsp3) is 0.267. The van der Waals surface area contributed by atoms with Gasteiger partial charge >= 0.3 is 0 Å². The van der Waals surface area contributed by atoms with E-state index in [1.807, 2.05) is 26.0 Å². The molecule has 4 heteroatoms. The molecule has 100 valence electrons. The summed E-state index contributed by atoms with van der Waals surface area (Å²) in [6, 6.07) is 8.13. The van der Waals surface area contributed by atoms with Crippen molar-refractivity contribution in [3.8, 4) is 0 Å². The van der Waals surface area contributed by atoms with Crippen LogP contribution in [0.2, 0.25) is 5.02 Å². The van der Waals surface area contributed by atoms with Crippen LogP contribution in [0.3, 0.4) is 0 Å². The van der Waals surface area contributed by atoms with Crippen LogP contribution in [0, 0.1) is 19.7 Å². The smallest absolute Gasteiger partial charge is 0.127 e. The van der Waals surface area contributed by atoms with Crippen LogP contribution in [0.5, 0.6) is 0 Å². The molecule has 2 rings (SSSR count). The molecule has 0 radical (unpaired) electrons. The van der Waals surface area contributed by atoms with Crippen molar-refractivity contribution >= 4 is 11.6 Å². The van der Waals surface area contributed by atoms with Crippen LogP contribution >= 0.6 is 11.6 Å². The van der Waals surface area contributed by atoms with Crippen molar-refractivity contribution in [3.05, 3.63) is 63.7 Å². The Morgan fingerprint density at radius 1 is 1.26 bits per heavy atom. The summed E-state index contributed by atoms with van der Waals surface area (Å²) in [7, 11) is 0. The number of hydrogen-bond donors (Lipinski definition) is 1. The van der Waals surface area contributed by atoms with E-state index in [-0.39, 0.29) is 6.42 Å². The third-order valence-electron chi connectivity index (χ3n) is 3.05. The molecule has 0 saturated heterocycles. The van der Waals surface area contributed by atoms with Gasteiger partial charge in [0.15, 0.2) is 0 Å². The van der Waals surface area contributed by atoms with Crippen LogP contribution in [0.4, 0.5) is 4.39 Å². The van der Waals surface area contributed by atoms with Gasteiger partial charge in [0.25, 0.3) is 0 Å². The third kappa shape index (κ3) is 3.31. The van der Waals surface area contributed by atoms with Gasteiger partial charge in [-0.25, -0.2) is 4.39 Å². The maximum atomic E-state index is 13.7. The first-order chi connectivity index (χ1) is 8.97. The number of aryl methyl sites for hydroxylation is 2. The summed E-state index contributed by atoms with van der Waals surface area (Å²) in [6.45, 7) is 3.73. The van der Waals surface area contributed by atoms with Gasteiger partial charge in [0, 0.05) is 28.4 Å². The molecule has 1 N–H and O–H groups in total. The van der Waals surface area contributed by atoms with Crippen LogP contribution in [0.1, 0.15) is 28.6 Å². The average Bonchev–Trinajstić information content (AvgIpc) is 2.32. The molecule has 2 nitrogen and oxygen atoms in total. The van der Waals surface area contributed by atoms with Crippen molar-refractivity contribution in [3.63, 3.8) is 0 Å². The lowest BCUT2D eigenvalue weighted by Crippen LogP contribution is -2.07. The first kappa shape index (κ1) is 14.0. The fourth-order valence-electron chi connectivity index (χ4n) is 2.06. The number of hydrogen-bond acceptors (Lipinski definition) is 2. The normalized spacial score (nSPS) is 12.5. The zero-order valence-electron chi connectivity index (χ0n) is 10.8. The largest absolute Gasteiger partial charge is 0.388 e. The van der Waals surface area contributed by atoms with Crippen molar-refractivity contribution in [2.45, 2.75) is 26.4 Å². The lowest BCUT2D eigenvalue weighted by molar-refractivity contribution is 0.176. The molecule has 0 aliphatic carbocycles. The van der Waals surface area contributed by atoms with E-state index >= 15 is 0 Å². The molecule has 1 unspecified atom stereocenters. The van der Waals surface area contributed by atoms with Gasteiger partial charge in [-0.1, -0.05) is 23.7 Å². The van der Waals surface area contributed by atoms with Crippen molar-refractivity contribution in [1.29, 1.82) is 0 Å². The zero-order valence-corrected chi connectivity index (χ0v) is 11.6. The number of nitrogens with zero attached hydrogens (tertiary/aromatic N) is 1. The Bertz CT molecular complexity index is 601. The van der Waals surface area contributed by atoms with E-state index < -0.39 is 11.9 Å². The second-order valence-corrected chi connectivity index (χ2v) is 5.02. The topological polar surface area (TPSA) is 33.1 Å². The molecule has 1 heterocycles. The summed E-state index contributed by atoms with van der Waals surface area (Å²) in [6.07, 6.45) is -0.571. The minimum absolute atomic E-state index is 0.203. The van der Waals surface area contributed by atoms with Crippen molar-refractivity contribution in [2.75, 3.05) is 0 Å². The van der Waals surface area contributed by atoms with Gasteiger partial charge in [-0.2, -0.15) is 0 Å². The quantitative estimate of drug-likeness (QED) is 0.928. The first-order valence-electron chi connectivity index (χ1n) is 6.03. The van der Waals surface area contributed by atoms with E-state index in [9.17, 15) is 9.50 Å². The van der Waals surface area contributed by atoms with Crippen molar-refractivity contribution < 1.29 is 9.50 Å². The van der Waals surface area contributed by atoms with E-state index in [0.29, 0.717) is 10.6 Å². The van der Waals surface area contributed by atoms with Crippen LogP contribution in [0.15, 0.2) is 30.3 Å². The molecule has 0 aliphatic heterocycles. The Morgan fingerprint density at radius 2 is 2.00 bits per heavy atom. The summed E-state index contributed by atoms with van der Waals surface area (Å²) in [5, 5.41) is 10.6. The van der Waals surface area contributed by atoms with Crippen LogP contribution in [-0.2, 0) is 6.42 Å². The summed E-state index contributed by atoms with van der Waals surface area (Å²) < 4.78 is 13.7. The SMILES string of the molecule is Cc1ccc(C(O)Cc2ccc(Cl)cc2F)c(C)n1. The molecule has 1 aromatic heterocycles. The minimum atomic E-state index is -0.774. The van der Waals surface area contributed by atoms with E-state index in [2.05, 4.69) is 4.98 Å². The molecular formula is C15H15ClFNO. The molecule has 19 heavy (non-hydrogen) atoms. The number of aliphatic hydroxyl groups excluding tert-OH is 1. The molecule has 0 spiro atoms. The molecule has 2 aromatic rings. The van der Waals surface area contributed by atoms with E-state index in [4.69, 9.17) is 11.6 Å². The number of rotatable bonds is 3. The predicted molar refractivity (Wildman–Crippen MR) is 73.8 cm³/mol. The predicted octanol–water partition coefficient (Wildman–Crippen LogP) is 3.77. The van der Waals surface area contributed by atoms with Crippen LogP contribution < -0.4 is 0 Å². The highest BCUT2D eigenvalue weighted by Gasteiger charge is 2.14. The van der Waals surface area contributed by atoms with Gasteiger partial charge in [0.2, 0.25) is 0 Å². The summed E-state index contributed by atoms with van der Waals surface area (Å²) in [5.74, 6) is -0.399. The Kier molecular flexibility index (Phi) is 4.17. The number of pyridine rings is 1. The Labute approximate surface area is 116 Å². The third-order valence-corrected chi connectivity index (χ3v) is 3.29. The summed E-state index contributed by atoms with van der Waals surface area (Å²) >= 11 is 5.70. The van der Waals surface area contributed by atoms with Crippen molar-refractivity contribution in [2.24, 2.45) is 0 Å². The Balaban J connectivity index is 2.23. The maximum Gasteiger partial charge on any atom is 0.127 e. The monoisotopic (exact) mass is 279 g/mol. The van der Waals surface area contributed by atoms with E-state index in [0.717, 1.165) is 17.0 Å². The molecular weight excluding hydrogens is 265 g/mol. The average molecular weight is 280 g/mol. The van der Waals surface area contributed by atoms with E-state index in [1.54, 1.807) is 12.1 Å². The fourth-order valence-corrected chi connectivity index (χ4v) is 2.21. The second kappa shape index (κ2) is 5.68. The van der Waals surface area contributed by atoms with Gasteiger partial charge < -0.3 is 5.11 Å². The van der Waals surface area contributed by atoms with Gasteiger partial charge in [0.1, 0.15) is 5.82 Å². The lowest BCUT2D eigenvalue weighted by Gasteiger charge is -2.14. The lowest BCUT2D eigenvalue weighted by atomic mass is 10.00. The van der Waals surface area contributed by atoms with Crippen LogP contribution in [0.25, 0.3) is 0 Å². The second-order valence-electron chi connectivity index (χ2n) is 4.58. The first-order valence-corrected chi connectivity index (χ1v) is 6.41. The molecule has 1 atom stereocenters. The Morgan fingerprint density at radius 3 is 2.63 bits per heavy atom. The van der Waals surface area contributed by atoms with Crippen LogP contribution in [-0.4, -0.2) is 10.1 Å². The van der Waals surface area contributed by atoms with Gasteiger partial charge in [-0.3, -0.25) is 4.98 Å². The highest BCUT2D eigenvalue weighted by Crippen LogP contribution is 2.23. The molecule has 0 saturated carbocycles. The minimum Gasteiger partial charge on any atom is -0.388 e. The maximum absolute atomic E-state index is 13.7. The Hall–Kier alpha value is -1.45. The van der Waals surface area contributed by atoms with E-state index in [1.165, 1.54) is 6.07 Å². The number of aromatic nitrogens is 1.